The maximum Gasteiger partial charge on any atom is 0.389 e. The van der Waals surface area contributed by atoms with E-state index in [1.165, 1.54) is 0 Å². The molecule has 1 amide bonds. The summed E-state index contributed by atoms with van der Waals surface area (Å²) in [6, 6.07) is 6.48. The van der Waals surface area contributed by atoms with Gasteiger partial charge >= 0.3 is 6.18 Å². The molecule has 0 spiro atoms. The highest BCUT2D eigenvalue weighted by Gasteiger charge is 2.27. The Balaban J connectivity index is 0.00000361. The largest absolute Gasteiger partial charge is 0.389 e. The topological polar surface area (TPSA) is 55.1 Å². The van der Waals surface area contributed by atoms with E-state index in [0.717, 1.165) is 0 Å². The zero-order valence-corrected chi connectivity index (χ0v) is 11.9. The molecule has 0 aliphatic carbocycles. The Bertz CT molecular complexity index is 438. The number of hydrogen-bond donors (Lipinski definition) is 2. The van der Waals surface area contributed by atoms with Crippen molar-refractivity contribution < 1.29 is 18.0 Å². The van der Waals surface area contributed by atoms with Crippen LogP contribution in [0.4, 0.5) is 18.9 Å². The van der Waals surface area contributed by atoms with E-state index >= 15 is 0 Å². The summed E-state index contributed by atoms with van der Waals surface area (Å²) in [5, 5.41) is 2.61. The summed E-state index contributed by atoms with van der Waals surface area (Å²) in [6.45, 7) is 1.85. The number of alkyl halides is 3. The fraction of sp³-hybridized carbons (Fsp3) is 0.462. The summed E-state index contributed by atoms with van der Waals surface area (Å²) in [5.74, 6) is -0.669. The monoisotopic (exact) mass is 310 g/mol. The molecule has 0 radical (unpaired) electrons. The first-order chi connectivity index (χ1) is 8.83. The lowest BCUT2D eigenvalue weighted by molar-refractivity contribution is -0.133. The van der Waals surface area contributed by atoms with E-state index in [4.69, 9.17) is 5.73 Å². The van der Waals surface area contributed by atoms with Crippen LogP contribution in [0.25, 0.3) is 0 Å². The van der Waals surface area contributed by atoms with Gasteiger partial charge < -0.3 is 11.1 Å². The highest BCUT2D eigenvalue weighted by molar-refractivity contribution is 5.93. The summed E-state index contributed by atoms with van der Waals surface area (Å²) in [6.07, 6.45) is -5.27. The Kier molecular flexibility index (Phi) is 7.60. The number of nitrogens with two attached hydrogens (primary N) is 1. The van der Waals surface area contributed by atoms with E-state index in [-0.39, 0.29) is 37.2 Å². The number of para-hydroxylation sites is 1. The van der Waals surface area contributed by atoms with E-state index in [1.807, 2.05) is 0 Å². The smallest absolute Gasteiger partial charge is 0.330 e. The minimum Gasteiger partial charge on any atom is -0.330 e. The van der Waals surface area contributed by atoms with Crippen LogP contribution in [0.2, 0.25) is 0 Å². The summed E-state index contributed by atoms with van der Waals surface area (Å²) in [7, 11) is 0. The molecule has 1 unspecified atom stereocenters. The Morgan fingerprint density at radius 3 is 2.50 bits per heavy atom. The number of amides is 1. The molecule has 7 heteroatoms. The van der Waals surface area contributed by atoms with Gasteiger partial charge in [0.05, 0.1) is 0 Å². The van der Waals surface area contributed by atoms with Gasteiger partial charge in [-0.15, -0.1) is 12.4 Å². The van der Waals surface area contributed by atoms with Gasteiger partial charge in [-0.05, 0) is 18.1 Å². The van der Waals surface area contributed by atoms with Crippen molar-refractivity contribution in [1.29, 1.82) is 0 Å². The van der Waals surface area contributed by atoms with E-state index < -0.39 is 12.6 Å². The second-order valence-electron chi connectivity index (χ2n) is 4.40. The predicted molar refractivity (Wildman–Crippen MR) is 74.9 cm³/mol. The molecular weight excluding hydrogens is 293 g/mol. The average Bonchev–Trinajstić information content (AvgIpc) is 2.35. The van der Waals surface area contributed by atoms with Crippen LogP contribution in [0.3, 0.4) is 0 Å². The van der Waals surface area contributed by atoms with Gasteiger partial charge in [-0.1, -0.05) is 25.1 Å². The second kappa shape index (κ2) is 8.11. The molecule has 1 atom stereocenters. The van der Waals surface area contributed by atoms with Crippen molar-refractivity contribution in [3.05, 3.63) is 29.8 Å². The van der Waals surface area contributed by atoms with Crippen molar-refractivity contribution in [2.45, 2.75) is 25.9 Å². The number of halogens is 4. The average molecular weight is 311 g/mol. The van der Waals surface area contributed by atoms with Crippen LogP contribution in [0, 0.1) is 5.92 Å². The molecular formula is C13H18ClF3N2O. The molecule has 0 saturated carbocycles. The number of carbonyl (C=O) groups is 1. The van der Waals surface area contributed by atoms with Gasteiger partial charge in [-0.3, -0.25) is 4.79 Å². The number of benzene rings is 1. The second-order valence-corrected chi connectivity index (χ2v) is 4.40. The number of anilines is 1. The van der Waals surface area contributed by atoms with Crippen LogP contribution in [0.1, 0.15) is 18.9 Å². The standard InChI is InChI=1S/C13H17F3N2O.ClH/c1-9(8-17)12(19)18-11-5-3-2-4-10(11)6-7-13(14,15)16;/h2-5,9H,6-8,17H2,1H3,(H,18,19);1H. The maximum absolute atomic E-state index is 12.2. The van der Waals surface area contributed by atoms with Crippen molar-refractivity contribution in [2.24, 2.45) is 11.7 Å². The summed E-state index contributed by atoms with van der Waals surface area (Å²) in [5.41, 5.74) is 6.25. The van der Waals surface area contributed by atoms with Crippen LogP contribution >= 0.6 is 12.4 Å². The van der Waals surface area contributed by atoms with Crippen molar-refractivity contribution in [2.75, 3.05) is 11.9 Å². The molecule has 114 valence electrons. The Labute approximate surface area is 122 Å². The van der Waals surface area contributed by atoms with Crippen LogP contribution < -0.4 is 11.1 Å². The Hall–Kier alpha value is -1.27. The van der Waals surface area contributed by atoms with Gasteiger partial charge in [0.2, 0.25) is 5.91 Å². The molecule has 0 heterocycles. The van der Waals surface area contributed by atoms with Crippen molar-refractivity contribution >= 4 is 24.0 Å². The molecule has 0 bridgehead atoms. The van der Waals surface area contributed by atoms with Crippen LogP contribution in [0.15, 0.2) is 24.3 Å². The van der Waals surface area contributed by atoms with Crippen molar-refractivity contribution in [1.82, 2.24) is 0 Å². The first-order valence-electron chi connectivity index (χ1n) is 5.99. The van der Waals surface area contributed by atoms with Gasteiger partial charge in [0.25, 0.3) is 0 Å². The molecule has 1 aromatic rings. The summed E-state index contributed by atoms with van der Waals surface area (Å²) >= 11 is 0. The third-order valence-corrected chi connectivity index (χ3v) is 2.75. The molecule has 0 saturated heterocycles. The van der Waals surface area contributed by atoms with Crippen LogP contribution in [-0.2, 0) is 11.2 Å². The minimum atomic E-state index is -4.21. The summed E-state index contributed by atoms with van der Waals surface area (Å²) in [4.78, 5) is 11.7. The minimum absolute atomic E-state index is 0. The van der Waals surface area contributed by atoms with E-state index in [1.54, 1.807) is 31.2 Å². The summed E-state index contributed by atoms with van der Waals surface area (Å²) < 4.78 is 36.6. The lowest BCUT2D eigenvalue weighted by atomic mass is 10.1. The van der Waals surface area contributed by atoms with E-state index in [0.29, 0.717) is 11.3 Å². The lowest BCUT2D eigenvalue weighted by Gasteiger charge is -2.14. The van der Waals surface area contributed by atoms with E-state index in [9.17, 15) is 18.0 Å². The first-order valence-corrected chi connectivity index (χ1v) is 5.99. The molecule has 0 fully saturated rings. The molecule has 0 aliphatic rings. The highest BCUT2D eigenvalue weighted by atomic mass is 35.5. The molecule has 0 aromatic heterocycles. The Morgan fingerprint density at radius 2 is 1.95 bits per heavy atom. The molecule has 3 nitrogen and oxygen atoms in total. The van der Waals surface area contributed by atoms with Crippen LogP contribution in [-0.4, -0.2) is 18.6 Å². The number of aryl methyl sites for hydroxylation is 1. The van der Waals surface area contributed by atoms with Gasteiger partial charge in [-0.2, -0.15) is 13.2 Å². The number of hydrogen-bond acceptors (Lipinski definition) is 2. The molecule has 20 heavy (non-hydrogen) atoms. The lowest BCUT2D eigenvalue weighted by Crippen LogP contribution is -2.27. The predicted octanol–water partition coefficient (Wildman–Crippen LogP) is 3.14. The third kappa shape index (κ3) is 6.25. The number of rotatable bonds is 5. The van der Waals surface area contributed by atoms with Gasteiger partial charge in [0.1, 0.15) is 0 Å². The third-order valence-electron chi connectivity index (χ3n) is 2.75. The molecule has 1 rings (SSSR count). The first kappa shape index (κ1) is 18.7. The SMILES string of the molecule is CC(CN)C(=O)Nc1ccccc1CCC(F)(F)F.Cl. The quantitative estimate of drug-likeness (QED) is 0.878. The van der Waals surface area contributed by atoms with E-state index in [2.05, 4.69) is 5.32 Å². The van der Waals surface area contributed by atoms with Gasteiger partial charge in [0.15, 0.2) is 0 Å². The zero-order valence-electron chi connectivity index (χ0n) is 11.0. The van der Waals surface area contributed by atoms with Gasteiger partial charge in [-0.25, -0.2) is 0 Å². The van der Waals surface area contributed by atoms with Gasteiger partial charge in [0, 0.05) is 24.6 Å². The number of nitrogens with one attached hydrogen (secondary N) is 1. The Morgan fingerprint density at radius 1 is 1.35 bits per heavy atom. The fourth-order valence-electron chi connectivity index (χ4n) is 1.50. The molecule has 0 aliphatic heterocycles. The van der Waals surface area contributed by atoms with Crippen molar-refractivity contribution in [3.8, 4) is 0 Å². The maximum atomic E-state index is 12.2. The van der Waals surface area contributed by atoms with Crippen LogP contribution in [0.5, 0.6) is 0 Å². The molecule has 3 N–H and O–H groups in total. The highest BCUT2D eigenvalue weighted by Crippen LogP contribution is 2.25. The number of carbonyl (C=O) groups excluding carboxylic acids is 1. The van der Waals surface area contributed by atoms with Crippen molar-refractivity contribution in [3.63, 3.8) is 0 Å². The zero-order chi connectivity index (χ0) is 14.5. The molecule has 1 aromatic carbocycles. The fourth-order valence-corrected chi connectivity index (χ4v) is 1.50. The normalized spacial score (nSPS) is 12.4.